The monoisotopic (exact) mass is 542 g/mol. The van der Waals surface area contributed by atoms with Gasteiger partial charge in [-0.05, 0) is 54.3 Å². The standard InChI is InChI=1S/C27H30N2O6S2/c1-4-20-16-29(37(33,34)25-8-6-5-7-22(25)35-20)15-19-13-18(10-9-17(19)2)21(14-26(30)31)23-11-12-24(36-23)27(32)28-3/h5-13,20-21H,4,14-16H2,1-3H3,(H,28,32)(H,30,31)/t20-,21?/m1/s1. The maximum Gasteiger partial charge on any atom is 0.304 e. The first-order valence-corrected chi connectivity index (χ1v) is 14.3. The number of benzene rings is 2. The first kappa shape index (κ1) is 26.8. The first-order chi connectivity index (χ1) is 17.6. The normalized spacial score (nSPS) is 17.8. The van der Waals surface area contributed by atoms with E-state index in [1.807, 2.05) is 32.0 Å². The summed E-state index contributed by atoms with van der Waals surface area (Å²) in [5.41, 5.74) is 2.44. The van der Waals surface area contributed by atoms with Crippen molar-refractivity contribution in [3.8, 4) is 5.75 Å². The van der Waals surface area contributed by atoms with Crippen molar-refractivity contribution in [3.63, 3.8) is 0 Å². The van der Waals surface area contributed by atoms with E-state index in [9.17, 15) is 23.1 Å². The minimum absolute atomic E-state index is 0.129. The Balaban J connectivity index is 1.71. The summed E-state index contributed by atoms with van der Waals surface area (Å²) in [6.07, 6.45) is 0.194. The second-order valence-corrected chi connectivity index (χ2v) is 12.0. The summed E-state index contributed by atoms with van der Waals surface area (Å²) in [5.74, 6) is -1.31. The molecule has 0 fully saturated rings. The Morgan fingerprint density at radius 2 is 1.95 bits per heavy atom. The van der Waals surface area contributed by atoms with Crippen LogP contribution in [-0.2, 0) is 21.4 Å². The van der Waals surface area contributed by atoms with Gasteiger partial charge in [-0.25, -0.2) is 8.42 Å². The molecule has 0 aliphatic carbocycles. The number of sulfonamides is 1. The van der Waals surface area contributed by atoms with Gasteiger partial charge in [0.05, 0.1) is 17.8 Å². The Morgan fingerprint density at radius 3 is 2.65 bits per heavy atom. The van der Waals surface area contributed by atoms with Crippen LogP contribution in [0.5, 0.6) is 5.75 Å². The number of rotatable bonds is 8. The summed E-state index contributed by atoms with van der Waals surface area (Å²) in [6.45, 7) is 4.20. The van der Waals surface area contributed by atoms with Gasteiger partial charge in [-0.3, -0.25) is 9.59 Å². The van der Waals surface area contributed by atoms with Gasteiger partial charge in [0.25, 0.3) is 5.91 Å². The number of carboxylic acid groups (broad SMARTS) is 1. The molecule has 0 saturated carbocycles. The number of amides is 1. The number of carboxylic acids is 1. The maximum atomic E-state index is 13.6. The van der Waals surface area contributed by atoms with Crippen LogP contribution in [0.2, 0.25) is 0 Å². The molecule has 10 heteroatoms. The van der Waals surface area contributed by atoms with Gasteiger partial charge in [0.2, 0.25) is 10.0 Å². The van der Waals surface area contributed by atoms with Crippen molar-refractivity contribution in [2.75, 3.05) is 13.6 Å². The minimum atomic E-state index is -3.82. The number of thiophene rings is 1. The molecule has 2 atom stereocenters. The Hall–Kier alpha value is -3.21. The van der Waals surface area contributed by atoms with Crippen LogP contribution in [0.4, 0.5) is 0 Å². The molecule has 4 rings (SSSR count). The second kappa shape index (κ2) is 11.0. The molecule has 1 aliphatic rings. The van der Waals surface area contributed by atoms with Crippen LogP contribution in [0.15, 0.2) is 59.5 Å². The fourth-order valence-electron chi connectivity index (χ4n) is 4.41. The number of carbonyl (C=O) groups is 2. The van der Waals surface area contributed by atoms with E-state index in [0.717, 1.165) is 21.6 Å². The molecule has 0 saturated heterocycles. The Labute approximate surface area is 220 Å². The van der Waals surface area contributed by atoms with Gasteiger partial charge in [0.1, 0.15) is 16.7 Å². The molecule has 2 N–H and O–H groups in total. The van der Waals surface area contributed by atoms with E-state index in [4.69, 9.17) is 4.74 Å². The SMILES string of the molecule is CC[C@@H]1CN(Cc2cc(C(CC(=O)O)c3ccc(C(=O)NC)s3)ccc2C)S(=O)(=O)c2ccccc2O1. The molecular weight excluding hydrogens is 512 g/mol. The van der Waals surface area contributed by atoms with Crippen molar-refractivity contribution in [2.24, 2.45) is 0 Å². The molecular formula is C27H30N2O6S2. The highest BCUT2D eigenvalue weighted by molar-refractivity contribution is 7.89. The summed E-state index contributed by atoms with van der Waals surface area (Å²) < 4.78 is 34.7. The van der Waals surface area contributed by atoms with Crippen molar-refractivity contribution in [1.82, 2.24) is 9.62 Å². The lowest BCUT2D eigenvalue weighted by Gasteiger charge is -2.24. The summed E-state index contributed by atoms with van der Waals surface area (Å²) in [5, 5.41) is 12.2. The number of ether oxygens (including phenoxy) is 1. The minimum Gasteiger partial charge on any atom is -0.488 e. The molecule has 2 aromatic carbocycles. The molecule has 37 heavy (non-hydrogen) atoms. The molecule has 2 heterocycles. The van der Waals surface area contributed by atoms with Crippen LogP contribution in [0.1, 0.15) is 56.9 Å². The van der Waals surface area contributed by atoms with E-state index < -0.39 is 21.9 Å². The molecule has 1 unspecified atom stereocenters. The van der Waals surface area contributed by atoms with Gasteiger partial charge < -0.3 is 15.2 Å². The van der Waals surface area contributed by atoms with Gasteiger partial charge in [-0.15, -0.1) is 11.3 Å². The predicted molar refractivity (Wildman–Crippen MR) is 142 cm³/mol. The van der Waals surface area contributed by atoms with Gasteiger partial charge in [-0.2, -0.15) is 4.31 Å². The van der Waals surface area contributed by atoms with Crippen LogP contribution in [0.25, 0.3) is 0 Å². The third-order valence-electron chi connectivity index (χ3n) is 6.55. The number of fused-ring (bicyclic) bond motifs is 1. The number of aryl methyl sites for hydroxylation is 1. The van der Waals surface area contributed by atoms with E-state index in [2.05, 4.69) is 5.32 Å². The first-order valence-electron chi connectivity index (χ1n) is 12.0. The summed E-state index contributed by atoms with van der Waals surface area (Å²) in [4.78, 5) is 25.2. The molecule has 196 valence electrons. The molecule has 1 amide bonds. The lowest BCUT2D eigenvalue weighted by atomic mass is 9.91. The third-order valence-corrected chi connectivity index (χ3v) is 9.59. The van der Waals surface area contributed by atoms with Gasteiger partial charge in [0, 0.05) is 24.4 Å². The van der Waals surface area contributed by atoms with Crippen LogP contribution in [0, 0.1) is 6.92 Å². The Kier molecular flexibility index (Phi) is 8.01. The average molecular weight is 543 g/mol. The van der Waals surface area contributed by atoms with Gasteiger partial charge in [-0.1, -0.05) is 37.3 Å². The number of hydrogen-bond acceptors (Lipinski definition) is 6. The number of nitrogens with one attached hydrogen (secondary N) is 1. The number of para-hydroxylation sites is 1. The van der Waals surface area contributed by atoms with E-state index >= 15 is 0 Å². The highest BCUT2D eigenvalue weighted by atomic mass is 32.2. The van der Waals surface area contributed by atoms with Gasteiger partial charge in [0.15, 0.2) is 0 Å². The fourth-order valence-corrected chi connectivity index (χ4v) is 7.07. The molecule has 3 aromatic rings. The van der Waals surface area contributed by atoms with Crippen molar-refractivity contribution >= 4 is 33.2 Å². The van der Waals surface area contributed by atoms with E-state index in [0.29, 0.717) is 17.0 Å². The molecule has 0 bridgehead atoms. The highest BCUT2D eigenvalue weighted by Crippen LogP contribution is 2.36. The van der Waals surface area contributed by atoms with E-state index in [1.165, 1.54) is 15.6 Å². The Bertz CT molecular complexity index is 1420. The van der Waals surface area contributed by atoms with Crippen molar-refractivity contribution in [1.29, 1.82) is 0 Å². The average Bonchev–Trinajstić information content (AvgIpc) is 3.33. The fraction of sp³-hybridized carbons (Fsp3) is 0.333. The van der Waals surface area contributed by atoms with Crippen LogP contribution in [-0.4, -0.2) is 49.4 Å². The number of hydrogen-bond donors (Lipinski definition) is 2. The predicted octanol–water partition coefficient (Wildman–Crippen LogP) is 4.38. The van der Waals surface area contributed by atoms with E-state index in [-0.39, 0.29) is 36.4 Å². The van der Waals surface area contributed by atoms with Crippen molar-refractivity contribution < 1.29 is 27.9 Å². The van der Waals surface area contributed by atoms with Gasteiger partial charge >= 0.3 is 5.97 Å². The maximum absolute atomic E-state index is 13.6. The summed E-state index contributed by atoms with van der Waals surface area (Å²) >= 11 is 1.26. The molecule has 8 nitrogen and oxygen atoms in total. The zero-order valence-corrected chi connectivity index (χ0v) is 22.6. The lowest BCUT2D eigenvalue weighted by molar-refractivity contribution is -0.137. The third kappa shape index (κ3) is 5.71. The van der Waals surface area contributed by atoms with Crippen LogP contribution >= 0.6 is 11.3 Å². The summed E-state index contributed by atoms with van der Waals surface area (Å²) in [6, 6.07) is 15.8. The van der Waals surface area contributed by atoms with Crippen LogP contribution in [0.3, 0.4) is 0 Å². The van der Waals surface area contributed by atoms with Crippen LogP contribution < -0.4 is 10.1 Å². The number of nitrogens with zero attached hydrogens (tertiary/aromatic N) is 1. The molecule has 1 aliphatic heterocycles. The van der Waals surface area contributed by atoms with Crippen molar-refractivity contribution in [2.45, 2.75) is 50.2 Å². The molecule has 0 radical (unpaired) electrons. The number of carbonyl (C=O) groups excluding carboxylic acids is 1. The molecule has 0 spiro atoms. The lowest BCUT2D eigenvalue weighted by Crippen LogP contribution is -2.36. The molecule has 1 aromatic heterocycles. The zero-order chi connectivity index (χ0) is 26.7. The largest absolute Gasteiger partial charge is 0.488 e. The van der Waals surface area contributed by atoms with Crippen molar-refractivity contribution in [3.05, 3.63) is 81.0 Å². The van der Waals surface area contributed by atoms with E-state index in [1.54, 1.807) is 43.4 Å². The zero-order valence-electron chi connectivity index (χ0n) is 20.9. The highest BCUT2D eigenvalue weighted by Gasteiger charge is 2.34. The quantitative estimate of drug-likeness (QED) is 0.437. The number of aliphatic carboxylic acids is 1. The Morgan fingerprint density at radius 1 is 1.19 bits per heavy atom. The smallest absolute Gasteiger partial charge is 0.304 e. The topological polar surface area (TPSA) is 113 Å². The second-order valence-electron chi connectivity index (χ2n) is 9.01. The summed E-state index contributed by atoms with van der Waals surface area (Å²) in [7, 11) is -2.27.